The first-order valence-corrected chi connectivity index (χ1v) is 9.54. The molecule has 0 heterocycles. The SMILES string of the molecule is CCCCCCCCCCCOC(=O)C1CCCC(C(=O)O)C1. The van der Waals surface area contributed by atoms with Gasteiger partial charge in [-0.3, -0.25) is 9.59 Å². The molecule has 0 amide bonds. The highest BCUT2D eigenvalue weighted by Crippen LogP contribution is 2.30. The Morgan fingerprint density at radius 3 is 2.09 bits per heavy atom. The molecule has 1 N–H and O–H groups in total. The van der Waals surface area contributed by atoms with E-state index in [9.17, 15) is 9.59 Å². The Bertz CT molecular complexity index is 340. The molecule has 0 aromatic heterocycles. The molecule has 0 aliphatic heterocycles. The van der Waals surface area contributed by atoms with Gasteiger partial charge in [-0.05, 0) is 25.7 Å². The lowest BCUT2D eigenvalue weighted by Crippen LogP contribution is -2.28. The van der Waals surface area contributed by atoms with Gasteiger partial charge in [0, 0.05) is 0 Å². The minimum absolute atomic E-state index is 0.185. The minimum Gasteiger partial charge on any atom is -0.481 e. The van der Waals surface area contributed by atoms with Crippen molar-refractivity contribution in [2.75, 3.05) is 6.61 Å². The number of carbonyl (C=O) groups excluding carboxylic acids is 1. The van der Waals surface area contributed by atoms with Crippen molar-refractivity contribution in [1.82, 2.24) is 0 Å². The maximum absolute atomic E-state index is 12.0. The molecule has 2 atom stereocenters. The Hall–Kier alpha value is -1.06. The van der Waals surface area contributed by atoms with E-state index in [2.05, 4.69) is 6.92 Å². The number of esters is 1. The Kier molecular flexibility index (Phi) is 10.8. The normalized spacial score (nSPS) is 21.1. The van der Waals surface area contributed by atoms with Crippen molar-refractivity contribution in [3.8, 4) is 0 Å². The molecule has 1 aliphatic carbocycles. The van der Waals surface area contributed by atoms with E-state index in [0.29, 0.717) is 19.4 Å². The number of carboxylic acids is 1. The van der Waals surface area contributed by atoms with Crippen LogP contribution in [0.1, 0.15) is 90.4 Å². The fourth-order valence-corrected chi connectivity index (χ4v) is 3.33. The molecule has 0 radical (unpaired) electrons. The second-order valence-electron chi connectivity index (χ2n) is 6.89. The van der Waals surface area contributed by atoms with E-state index in [0.717, 1.165) is 25.7 Å². The topological polar surface area (TPSA) is 63.6 Å². The van der Waals surface area contributed by atoms with Crippen LogP contribution in [0.5, 0.6) is 0 Å². The third-order valence-corrected chi connectivity index (χ3v) is 4.85. The lowest BCUT2D eigenvalue weighted by atomic mass is 9.81. The summed E-state index contributed by atoms with van der Waals surface area (Å²) in [4.78, 5) is 23.0. The summed E-state index contributed by atoms with van der Waals surface area (Å²) in [5.74, 6) is -1.53. The van der Waals surface area contributed by atoms with Crippen LogP contribution in [-0.2, 0) is 14.3 Å². The first-order valence-electron chi connectivity index (χ1n) is 9.54. The van der Waals surface area contributed by atoms with Crippen LogP contribution in [-0.4, -0.2) is 23.7 Å². The number of unbranched alkanes of at least 4 members (excludes halogenated alkanes) is 8. The first kappa shape index (κ1) is 20.0. The van der Waals surface area contributed by atoms with Crippen LogP contribution in [0, 0.1) is 11.8 Å². The second kappa shape index (κ2) is 12.4. The summed E-state index contributed by atoms with van der Waals surface area (Å²) in [6.45, 7) is 2.72. The third kappa shape index (κ3) is 8.97. The van der Waals surface area contributed by atoms with E-state index in [4.69, 9.17) is 9.84 Å². The van der Waals surface area contributed by atoms with Crippen LogP contribution < -0.4 is 0 Å². The molecule has 1 saturated carbocycles. The van der Waals surface area contributed by atoms with E-state index >= 15 is 0 Å². The quantitative estimate of drug-likeness (QED) is 0.407. The molecule has 134 valence electrons. The molecule has 1 fully saturated rings. The highest BCUT2D eigenvalue weighted by molar-refractivity contribution is 5.75. The molecular formula is C19H34O4. The van der Waals surface area contributed by atoms with Crippen LogP contribution in [0.2, 0.25) is 0 Å². The Balaban J connectivity index is 1.98. The van der Waals surface area contributed by atoms with Gasteiger partial charge >= 0.3 is 11.9 Å². The lowest BCUT2D eigenvalue weighted by molar-refractivity contribution is -0.152. The lowest BCUT2D eigenvalue weighted by Gasteiger charge is -2.25. The second-order valence-corrected chi connectivity index (χ2v) is 6.89. The van der Waals surface area contributed by atoms with Crippen molar-refractivity contribution >= 4 is 11.9 Å². The molecule has 4 nitrogen and oxygen atoms in total. The van der Waals surface area contributed by atoms with Crippen molar-refractivity contribution in [2.45, 2.75) is 90.4 Å². The highest BCUT2D eigenvalue weighted by atomic mass is 16.5. The summed E-state index contributed by atoms with van der Waals surface area (Å²) in [5.41, 5.74) is 0. The van der Waals surface area contributed by atoms with Gasteiger partial charge in [0.25, 0.3) is 0 Å². The van der Waals surface area contributed by atoms with Crippen LogP contribution >= 0.6 is 0 Å². The van der Waals surface area contributed by atoms with E-state index in [1.165, 1.54) is 44.9 Å². The van der Waals surface area contributed by atoms with Gasteiger partial charge in [0.05, 0.1) is 18.4 Å². The van der Waals surface area contributed by atoms with Gasteiger partial charge in [0.2, 0.25) is 0 Å². The number of carbonyl (C=O) groups is 2. The third-order valence-electron chi connectivity index (χ3n) is 4.85. The minimum atomic E-state index is -0.776. The maximum atomic E-state index is 12.0. The molecule has 0 spiro atoms. The van der Waals surface area contributed by atoms with E-state index < -0.39 is 5.97 Å². The molecule has 1 aliphatic rings. The van der Waals surface area contributed by atoms with Crippen molar-refractivity contribution in [3.63, 3.8) is 0 Å². The average Bonchev–Trinajstić information content (AvgIpc) is 2.56. The zero-order valence-electron chi connectivity index (χ0n) is 14.7. The number of ether oxygens (including phenoxy) is 1. The maximum Gasteiger partial charge on any atom is 0.308 e. The van der Waals surface area contributed by atoms with Gasteiger partial charge in [-0.1, -0.05) is 64.7 Å². The van der Waals surface area contributed by atoms with Crippen molar-refractivity contribution in [2.24, 2.45) is 11.8 Å². The largest absolute Gasteiger partial charge is 0.481 e. The zero-order chi connectivity index (χ0) is 16.9. The van der Waals surface area contributed by atoms with E-state index in [-0.39, 0.29) is 17.8 Å². The van der Waals surface area contributed by atoms with Gasteiger partial charge < -0.3 is 9.84 Å². The summed E-state index contributed by atoms with van der Waals surface area (Å²) >= 11 is 0. The van der Waals surface area contributed by atoms with Crippen LogP contribution in [0.4, 0.5) is 0 Å². The van der Waals surface area contributed by atoms with Gasteiger partial charge in [-0.2, -0.15) is 0 Å². The van der Waals surface area contributed by atoms with Crippen molar-refractivity contribution in [3.05, 3.63) is 0 Å². The van der Waals surface area contributed by atoms with Crippen molar-refractivity contribution < 1.29 is 19.4 Å². The first-order chi connectivity index (χ1) is 11.1. The molecule has 0 aromatic rings. The molecule has 0 bridgehead atoms. The summed E-state index contributed by atoms with van der Waals surface area (Å²) in [7, 11) is 0. The number of hydrogen-bond acceptors (Lipinski definition) is 3. The van der Waals surface area contributed by atoms with Crippen LogP contribution in [0.15, 0.2) is 0 Å². The Labute approximate surface area is 141 Å². The summed E-state index contributed by atoms with van der Waals surface area (Å²) in [6, 6.07) is 0. The Morgan fingerprint density at radius 1 is 0.913 bits per heavy atom. The highest BCUT2D eigenvalue weighted by Gasteiger charge is 2.31. The predicted octanol–water partition coefficient (Wildman–Crippen LogP) is 4.95. The zero-order valence-corrected chi connectivity index (χ0v) is 14.7. The summed E-state index contributed by atoms with van der Waals surface area (Å²) in [6.07, 6.45) is 13.9. The molecule has 4 heteroatoms. The molecule has 2 unspecified atom stereocenters. The van der Waals surface area contributed by atoms with Gasteiger partial charge in [-0.25, -0.2) is 0 Å². The fraction of sp³-hybridized carbons (Fsp3) is 0.895. The smallest absolute Gasteiger partial charge is 0.308 e. The molecule has 0 aromatic carbocycles. The monoisotopic (exact) mass is 326 g/mol. The van der Waals surface area contributed by atoms with Gasteiger partial charge in [0.15, 0.2) is 0 Å². The standard InChI is InChI=1S/C19H34O4/c1-2-3-4-5-6-7-8-9-10-14-23-19(22)17-13-11-12-16(15-17)18(20)21/h16-17H,2-15H2,1H3,(H,20,21). The number of rotatable bonds is 12. The number of hydrogen-bond donors (Lipinski definition) is 1. The van der Waals surface area contributed by atoms with Gasteiger partial charge in [0.1, 0.15) is 0 Å². The molecule has 0 saturated heterocycles. The average molecular weight is 326 g/mol. The molecule has 23 heavy (non-hydrogen) atoms. The number of aliphatic carboxylic acids is 1. The van der Waals surface area contributed by atoms with Crippen LogP contribution in [0.25, 0.3) is 0 Å². The van der Waals surface area contributed by atoms with Crippen molar-refractivity contribution in [1.29, 1.82) is 0 Å². The summed E-state index contributed by atoms with van der Waals surface area (Å²) < 4.78 is 5.34. The van der Waals surface area contributed by atoms with Gasteiger partial charge in [-0.15, -0.1) is 0 Å². The number of carboxylic acid groups (broad SMARTS) is 1. The Morgan fingerprint density at radius 2 is 1.48 bits per heavy atom. The van der Waals surface area contributed by atoms with Crippen LogP contribution in [0.3, 0.4) is 0 Å². The van der Waals surface area contributed by atoms with E-state index in [1.54, 1.807) is 0 Å². The van der Waals surface area contributed by atoms with E-state index in [1.807, 2.05) is 0 Å². The summed E-state index contributed by atoms with van der Waals surface area (Å²) in [5, 5.41) is 9.05. The molecular weight excluding hydrogens is 292 g/mol. The molecule has 1 rings (SSSR count). The predicted molar refractivity (Wildman–Crippen MR) is 91.3 cm³/mol. The fourth-order valence-electron chi connectivity index (χ4n) is 3.33.